The third-order valence-corrected chi connectivity index (χ3v) is 6.74. The summed E-state index contributed by atoms with van der Waals surface area (Å²) < 4.78 is 0. The summed E-state index contributed by atoms with van der Waals surface area (Å²) in [5, 5.41) is 3.08. The van der Waals surface area contributed by atoms with Crippen molar-refractivity contribution >= 4 is 11.8 Å². The number of piperidine rings is 2. The van der Waals surface area contributed by atoms with Crippen molar-refractivity contribution in [3.8, 4) is 0 Å². The minimum Gasteiger partial charge on any atom is -0.352 e. The molecule has 3 rings (SSSR count). The Kier molecular flexibility index (Phi) is 7.28. The maximum absolute atomic E-state index is 12.7. The van der Waals surface area contributed by atoms with Gasteiger partial charge in [-0.3, -0.25) is 19.5 Å². The fourth-order valence-electron chi connectivity index (χ4n) is 4.40. The van der Waals surface area contributed by atoms with Gasteiger partial charge in [-0.2, -0.15) is 0 Å². The van der Waals surface area contributed by atoms with Crippen LogP contribution in [-0.4, -0.2) is 58.8 Å². The SMILES string of the molecule is CCC(C)(C)C(=O)N1CCC(N2CCC[C@@H](C(=O)NCc3cccnc3)C2)CC1. The molecule has 0 unspecified atom stereocenters. The van der Waals surface area contributed by atoms with E-state index >= 15 is 0 Å². The molecule has 2 fully saturated rings. The molecule has 1 atom stereocenters. The van der Waals surface area contributed by atoms with Gasteiger partial charge in [0.05, 0.1) is 5.92 Å². The van der Waals surface area contributed by atoms with Gasteiger partial charge in [0, 0.05) is 50.0 Å². The van der Waals surface area contributed by atoms with E-state index in [9.17, 15) is 9.59 Å². The van der Waals surface area contributed by atoms with Crippen molar-refractivity contribution in [1.29, 1.82) is 0 Å². The van der Waals surface area contributed by atoms with Gasteiger partial charge < -0.3 is 10.2 Å². The quantitative estimate of drug-likeness (QED) is 0.797. The smallest absolute Gasteiger partial charge is 0.228 e. The molecule has 6 heteroatoms. The molecule has 0 radical (unpaired) electrons. The van der Waals surface area contributed by atoms with Gasteiger partial charge in [0.15, 0.2) is 0 Å². The van der Waals surface area contributed by atoms with Crippen molar-refractivity contribution in [1.82, 2.24) is 20.1 Å². The van der Waals surface area contributed by atoms with Crippen LogP contribution in [-0.2, 0) is 16.1 Å². The Morgan fingerprint density at radius 3 is 2.62 bits per heavy atom. The zero-order chi connectivity index (χ0) is 20.9. The normalized spacial score (nSPS) is 21.8. The number of hydrogen-bond acceptors (Lipinski definition) is 4. The third-order valence-electron chi connectivity index (χ3n) is 6.74. The number of carbonyl (C=O) groups is 2. The standard InChI is InChI=1S/C23H36N4O2/c1-4-23(2,3)22(29)26-13-9-20(10-14-26)27-12-6-8-19(17-27)21(28)25-16-18-7-5-11-24-15-18/h5,7,11,15,19-20H,4,6,8-10,12-14,16-17H2,1-3H3,(H,25,28)/t19-/m1/s1. The van der Waals surface area contributed by atoms with Gasteiger partial charge in [-0.25, -0.2) is 0 Å². The number of hydrogen-bond donors (Lipinski definition) is 1. The number of pyridine rings is 1. The lowest BCUT2D eigenvalue weighted by atomic mass is 9.87. The Morgan fingerprint density at radius 2 is 1.97 bits per heavy atom. The Bertz CT molecular complexity index is 683. The van der Waals surface area contributed by atoms with E-state index in [-0.39, 0.29) is 23.1 Å². The van der Waals surface area contributed by atoms with Gasteiger partial charge in [0.25, 0.3) is 0 Å². The van der Waals surface area contributed by atoms with Crippen LogP contribution >= 0.6 is 0 Å². The number of likely N-dealkylation sites (tertiary alicyclic amines) is 2. The van der Waals surface area contributed by atoms with Crippen molar-refractivity contribution < 1.29 is 9.59 Å². The highest BCUT2D eigenvalue weighted by Gasteiger charge is 2.35. The Morgan fingerprint density at radius 1 is 1.21 bits per heavy atom. The van der Waals surface area contributed by atoms with Crippen LogP contribution in [0.5, 0.6) is 0 Å². The lowest BCUT2D eigenvalue weighted by Crippen LogP contribution is -2.53. The van der Waals surface area contributed by atoms with Gasteiger partial charge in [0.2, 0.25) is 11.8 Å². The highest BCUT2D eigenvalue weighted by Crippen LogP contribution is 2.28. The molecule has 0 aliphatic carbocycles. The second-order valence-electron chi connectivity index (χ2n) is 9.17. The van der Waals surface area contributed by atoms with E-state index in [1.165, 1.54) is 0 Å². The number of nitrogens with one attached hydrogen (secondary N) is 1. The highest BCUT2D eigenvalue weighted by atomic mass is 16.2. The minimum atomic E-state index is -0.268. The molecule has 1 aromatic heterocycles. The number of nitrogens with zero attached hydrogens (tertiary/aromatic N) is 3. The average molecular weight is 401 g/mol. The fraction of sp³-hybridized carbons (Fsp3) is 0.696. The van der Waals surface area contributed by atoms with Crippen LogP contribution in [0, 0.1) is 11.3 Å². The molecular formula is C23H36N4O2. The van der Waals surface area contributed by atoms with Crippen LogP contribution in [0.25, 0.3) is 0 Å². The first-order valence-corrected chi connectivity index (χ1v) is 11.1. The van der Waals surface area contributed by atoms with E-state index in [1.54, 1.807) is 12.4 Å². The van der Waals surface area contributed by atoms with Crippen LogP contribution in [0.3, 0.4) is 0 Å². The van der Waals surface area contributed by atoms with E-state index in [4.69, 9.17) is 0 Å². The maximum atomic E-state index is 12.7. The summed E-state index contributed by atoms with van der Waals surface area (Å²) in [6.45, 7) is 10.3. The molecule has 160 valence electrons. The number of amides is 2. The van der Waals surface area contributed by atoms with Gasteiger partial charge in [-0.1, -0.05) is 26.8 Å². The Hall–Kier alpha value is -1.95. The molecule has 29 heavy (non-hydrogen) atoms. The van der Waals surface area contributed by atoms with Gasteiger partial charge in [-0.15, -0.1) is 0 Å². The van der Waals surface area contributed by atoms with Crippen molar-refractivity contribution in [2.75, 3.05) is 26.2 Å². The predicted octanol–water partition coefficient (Wildman–Crippen LogP) is 2.84. The first-order valence-electron chi connectivity index (χ1n) is 11.1. The van der Waals surface area contributed by atoms with Crippen LogP contribution in [0.2, 0.25) is 0 Å². The van der Waals surface area contributed by atoms with E-state index in [0.29, 0.717) is 12.6 Å². The molecule has 2 saturated heterocycles. The monoisotopic (exact) mass is 400 g/mol. The van der Waals surface area contributed by atoms with Gasteiger partial charge >= 0.3 is 0 Å². The topological polar surface area (TPSA) is 65.5 Å². The molecular weight excluding hydrogens is 364 g/mol. The molecule has 0 aromatic carbocycles. The molecule has 0 spiro atoms. The molecule has 2 amide bonds. The first-order chi connectivity index (χ1) is 13.9. The van der Waals surface area contributed by atoms with E-state index in [1.807, 2.05) is 30.9 Å². The number of carbonyl (C=O) groups excluding carboxylic acids is 2. The van der Waals surface area contributed by atoms with Gasteiger partial charge in [-0.05, 0) is 50.3 Å². The molecule has 3 heterocycles. The van der Waals surface area contributed by atoms with Crippen LogP contribution < -0.4 is 5.32 Å². The van der Waals surface area contributed by atoms with Crippen LogP contribution in [0.15, 0.2) is 24.5 Å². The minimum absolute atomic E-state index is 0.0547. The molecule has 2 aliphatic rings. The molecule has 6 nitrogen and oxygen atoms in total. The fourth-order valence-corrected chi connectivity index (χ4v) is 4.40. The molecule has 0 bridgehead atoms. The van der Waals surface area contributed by atoms with E-state index < -0.39 is 0 Å². The Labute approximate surface area is 175 Å². The average Bonchev–Trinajstić information content (AvgIpc) is 2.77. The maximum Gasteiger partial charge on any atom is 0.228 e. The molecule has 1 N–H and O–H groups in total. The molecule has 1 aromatic rings. The van der Waals surface area contributed by atoms with Crippen molar-refractivity contribution in [2.45, 2.75) is 65.5 Å². The lowest BCUT2D eigenvalue weighted by Gasteiger charge is -2.43. The van der Waals surface area contributed by atoms with Gasteiger partial charge in [0.1, 0.15) is 0 Å². The summed E-state index contributed by atoms with van der Waals surface area (Å²) in [6, 6.07) is 4.36. The summed E-state index contributed by atoms with van der Waals surface area (Å²) in [5.74, 6) is 0.486. The highest BCUT2D eigenvalue weighted by molar-refractivity contribution is 5.82. The summed E-state index contributed by atoms with van der Waals surface area (Å²) >= 11 is 0. The zero-order valence-corrected chi connectivity index (χ0v) is 18.2. The second kappa shape index (κ2) is 9.70. The van der Waals surface area contributed by atoms with Crippen LogP contribution in [0.1, 0.15) is 58.4 Å². The van der Waals surface area contributed by atoms with Crippen molar-refractivity contribution in [3.63, 3.8) is 0 Å². The van der Waals surface area contributed by atoms with Crippen molar-refractivity contribution in [2.24, 2.45) is 11.3 Å². The largest absolute Gasteiger partial charge is 0.352 e. The summed E-state index contributed by atoms with van der Waals surface area (Å²) in [7, 11) is 0. The predicted molar refractivity (Wildman–Crippen MR) is 114 cm³/mol. The van der Waals surface area contributed by atoms with Crippen molar-refractivity contribution in [3.05, 3.63) is 30.1 Å². The lowest BCUT2D eigenvalue weighted by molar-refractivity contribution is -0.142. The second-order valence-corrected chi connectivity index (χ2v) is 9.17. The first kappa shape index (κ1) is 21.8. The zero-order valence-electron chi connectivity index (χ0n) is 18.2. The van der Waals surface area contributed by atoms with E-state index in [0.717, 1.165) is 63.8 Å². The Balaban J connectivity index is 1.47. The number of aromatic nitrogens is 1. The molecule has 2 aliphatic heterocycles. The third kappa shape index (κ3) is 5.56. The summed E-state index contributed by atoms with van der Waals surface area (Å²) in [6.07, 6.45) is 8.44. The number of rotatable bonds is 6. The molecule has 0 saturated carbocycles. The van der Waals surface area contributed by atoms with Crippen LogP contribution in [0.4, 0.5) is 0 Å². The van der Waals surface area contributed by atoms with E-state index in [2.05, 4.69) is 22.1 Å². The summed E-state index contributed by atoms with van der Waals surface area (Å²) in [4.78, 5) is 34.0. The summed E-state index contributed by atoms with van der Waals surface area (Å²) in [5.41, 5.74) is 0.760.